The predicted octanol–water partition coefficient (Wildman–Crippen LogP) is -6.56. The molecule has 0 fully saturated rings. The second kappa shape index (κ2) is 66.3. The molecule has 0 heterocycles. The van der Waals surface area contributed by atoms with Crippen molar-refractivity contribution < 1.29 is 140 Å². The van der Waals surface area contributed by atoms with E-state index in [9.17, 15) is 34.8 Å². The van der Waals surface area contributed by atoms with Crippen LogP contribution in [0, 0.1) is 7.43 Å². The summed E-state index contributed by atoms with van der Waals surface area (Å²) in [5, 5.41) is 0. The standard InChI is InChI=1S/C2H3F3O3S.C2H6O.CF3O2S.CH3I.CO2.CH3O.CH3.Ag.2Al.HI.2Li.2H2O.O.6H/c1-8-9(6,7)2(3,4)5;1-3-2;2-1(3,4)7(5)6;1-2;2-1-3;1-2;;;;;;;;;;;;;;;;/h1H3;1-2H3;;1H3;;1H3;1H3;;;;1H;;;2*1H2;;;;;;;/q;;-1;;;2*-1;;;+1;;2*+1;;;;;;;;;-1/i1-1;1-1,2-1;;4*1-1;;;;;;;;;;;;;;;. The average Bonchev–Trinajstić information content (AvgIpc) is 2.59. The van der Waals surface area contributed by atoms with Crippen LogP contribution in [-0.2, 0) is 75.8 Å². The van der Waals surface area contributed by atoms with E-state index in [2.05, 4.69) is 35.3 Å². The monoisotopic (exact) mass is 929 g/mol. The summed E-state index contributed by atoms with van der Waals surface area (Å²) in [7, 11) is -3.88. The van der Waals surface area contributed by atoms with E-state index in [1.54, 1.807) is 42.4 Å². The molecule has 0 radical (unpaired) electrons. The van der Waals surface area contributed by atoms with E-state index in [1.807, 2.05) is 4.93 Å². The molecule has 0 bridgehead atoms. The van der Waals surface area contributed by atoms with Gasteiger partial charge in [-0.3, -0.25) is 4.18 Å². The first kappa shape index (κ1) is 90.1. The number of hydrogen-bond acceptors (Lipinski definition) is 11. The topological polar surface area (TPSA) is 210 Å². The third-order valence-electron chi connectivity index (χ3n) is 0.692. The van der Waals surface area contributed by atoms with E-state index in [-0.39, 0.29) is 105 Å². The summed E-state index contributed by atoms with van der Waals surface area (Å²) in [4.78, 5) is 18.2. The Balaban J connectivity index is -0.0000000122. The van der Waals surface area contributed by atoms with Crippen molar-refractivity contribution in [2.24, 2.45) is 0 Å². The van der Waals surface area contributed by atoms with E-state index < -0.39 is 31.8 Å². The van der Waals surface area contributed by atoms with Gasteiger partial charge >= 0.3 is 106 Å². The summed E-state index contributed by atoms with van der Waals surface area (Å²) in [6, 6.07) is 0. The van der Waals surface area contributed by atoms with Gasteiger partial charge in [-0.1, -0.05) is 22.6 Å². The zero-order valence-corrected chi connectivity index (χ0v) is 29.4. The van der Waals surface area contributed by atoms with Gasteiger partial charge in [0, 0.05) is 32.0 Å². The molecule has 0 aliphatic heterocycles. The fourth-order valence-corrected chi connectivity index (χ4v) is 0.283. The molecule has 0 saturated heterocycles. The molecule has 27 heteroatoms. The van der Waals surface area contributed by atoms with Crippen LogP contribution in [0.15, 0.2) is 0 Å². The summed E-state index contributed by atoms with van der Waals surface area (Å²) < 4.78 is 122. The first-order valence-corrected chi connectivity index (χ1v) is 11.4. The van der Waals surface area contributed by atoms with Gasteiger partial charge in [-0.2, -0.15) is 44.3 Å². The molecule has 0 atom stereocenters. The van der Waals surface area contributed by atoms with E-state index >= 15 is 0 Å². The van der Waals surface area contributed by atoms with Crippen LogP contribution in [0.3, 0.4) is 0 Å². The Morgan fingerprint density at radius 3 is 1.03 bits per heavy atom. The predicted molar refractivity (Wildman–Crippen MR) is 131 cm³/mol. The summed E-state index contributed by atoms with van der Waals surface area (Å²) in [6.07, 6.45) is 0.250. The fourth-order valence-electron chi connectivity index (χ4n) is 0.0945. The Morgan fingerprint density at radius 2 is 1.03 bits per heavy atom. The van der Waals surface area contributed by atoms with Gasteiger partial charge in [0.25, 0.3) is 0 Å². The summed E-state index contributed by atoms with van der Waals surface area (Å²) in [6.45, 7) is 0. The maximum atomic E-state index is 11.1. The number of methoxy groups -OCH3 is 1. The molecule has 225 valence electrons. The molecule has 0 spiro atoms. The minimum absolute atomic E-state index is 0. The van der Waals surface area contributed by atoms with Gasteiger partial charge in [0.05, 0.1) is 7.11 Å². The molecule has 12 nitrogen and oxygen atoms in total. The van der Waals surface area contributed by atoms with Crippen molar-refractivity contribution in [2.45, 2.75) is 11.0 Å². The molecule has 36 heavy (non-hydrogen) atoms. The average molecular weight is 930 g/mol. The van der Waals surface area contributed by atoms with Crippen LogP contribution in [0.1, 0.15) is 1.43 Å². The van der Waals surface area contributed by atoms with E-state index in [1.165, 1.54) is 0 Å². The van der Waals surface area contributed by atoms with Crippen molar-refractivity contribution in [2.75, 3.05) is 33.4 Å². The molecule has 0 aromatic heterocycles. The molecule has 0 aliphatic carbocycles. The van der Waals surface area contributed by atoms with Crippen molar-refractivity contribution in [3.05, 3.63) is 7.43 Å². The van der Waals surface area contributed by atoms with Crippen LogP contribution in [0.25, 0.3) is 0 Å². The minimum atomic E-state index is -5.34. The Labute approximate surface area is 295 Å². The van der Waals surface area contributed by atoms with E-state index in [0.717, 1.165) is 16.6 Å². The molecule has 0 saturated carbocycles. The van der Waals surface area contributed by atoms with Gasteiger partial charge in [0.15, 0.2) is 17.4 Å². The molecule has 0 rings (SSSR count). The third-order valence-corrected chi connectivity index (χ3v) is 2.08. The van der Waals surface area contributed by atoms with Crippen molar-refractivity contribution >= 4 is 108 Å². The van der Waals surface area contributed by atoms with E-state index in [4.69, 9.17) is 21.3 Å². The number of ether oxygens (including phenoxy) is 1. The van der Waals surface area contributed by atoms with Crippen molar-refractivity contribution in [3.63, 3.8) is 0 Å². The molecule has 4 N–H and O–H groups in total. The molecular weight excluding hydrogens is 901 g/mol. The SMILES string of the molecule is I.O.O.O=[11C]=O.O=[S-](=O)C(F)(F)F.[11CH3-].[11CH3]I.[11CH3]OS(=O)(=O)C(F)(F)F.[11CH3]O[11CH3].[11CH3][O][AlH2].[AlH3].[H-].[Li+].[Li+].[O]=[Ag]. The van der Waals surface area contributed by atoms with Gasteiger partial charge in [0.2, 0.25) is 0 Å². The van der Waals surface area contributed by atoms with Crippen molar-refractivity contribution in [1.29, 1.82) is 0 Å². The number of rotatable bonds is 1. The van der Waals surface area contributed by atoms with Crippen LogP contribution < -0.4 is 37.7 Å². The number of alkyl halides is 7. The first-order chi connectivity index (χ1) is 13.0. The first-order valence-electron chi connectivity index (χ1n) is 5.33. The zero-order chi connectivity index (χ0) is 25.9. The number of halogens is 8. The van der Waals surface area contributed by atoms with Crippen LogP contribution >= 0.6 is 46.6 Å². The fraction of sp³-hybridized carbons (Fsp3) is 0.778. The van der Waals surface area contributed by atoms with Gasteiger partial charge in [-0.15, -0.1) is 24.0 Å². The van der Waals surface area contributed by atoms with Crippen LogP contribution in [0.5, 0.6) is 0 Å². The van der Waals surface area contributed by atoms with Gasteiger partial charge < -0.3 is 36.7 Å². The van der Waals surface area contributed by atoms with Crippen LogP contribution in [0.2, 0.25) is 0 Å². The van der Waals surface area contributed by atoms with E-state index in [0.29, 0.717) is 7.11 Å². The number of carbonyl (C=O) groups excluding carboxylic acids is 2. The zero-order valence-electron chi connectivity index (χ0n) is 20.8. The summed E-state index contributed by atoms with van der Waals surface area (Å²) in [5.74, 6) is 0. The van der Waals surface area contributed by atoms with Gasteiger partial charge in [-0.25, -0.2) is 0 Å². The molecule has 0 aromatic rings. The van der Waals surface area contributed by atoms with Crippen molar-refractivity contribution in [1.82, 2.24) is 0 Å². The Bertz CT molecular complexity index is 545. The molecular formula is C9H29AgAl2F6I2Li2O12S2-. The van der Waals surface area contributed by atoms with Gasteiger partial charge in [-0.05, 0) is 4.93 Å². The Kier molecular flexibility index (Phi) is 166. The Morgan fingerprint density at radius 1 is 0.917 bits per heavy atom. The normalized spacial score (nSPS) is 7.42. The second-order valence-corrected chi connectivity index (χ2v) is 6.10. The maximum absolute atomic E-state index is 11.1. The third kappa shape index (κ3) is 109. The van der Waals surface area contributed by atoms with Gasteiger partial charge in [0.1, 0.15) is 0 Å². The molecule has 0 aliphatic rings. The number of hydrogen-bond donors (Lipinski definition) is 0. The summed E-state index contributed by atoms with van der Waals surface area (Å²) >= 11 is 4.72. The van der Waals surface area contributed by atoms with Crippen molar-refractivity contribution in [3.8, 4) is 0 Å². The summed E-state index contributed by atoms with van der Waals surface area (Å²) in [5.41, 5.74) is -10.4. The molecule has 0 amide bonds. The Hall–Kier alpha value is 2.92. The van der Waals surface area contributed by atoms with Crippen LogP contribution in [0.4, 0.5) is 26.3 Å². The molecule has 0 aromatic carbocycles. The molecule has 0 unspecified atom stereocenters. The van der Waals surface area contributed by atoms with Crippen LogP contribution in [-0.4, -0.2) is 104 Å². The second-order valence-electron chi connectivity index (χ2n) is 2.65. The quantitative estimate of drug-likeness (QED) is 0.0355.